The van der Waals surface area contributed by atoms with Crippen molar-refractivity contribution in [1.82, 2.24) is 9.78 Å². The number of allylic oxidation sites excluding steroid dienone is 2. The van der Waals surface area contributed by atoms with Crippen LogP contribution in [0.3, 0.4) is 0 Å². The topological polar surface area (TPSA) is 53.4 Å². The first kappa shape index (κ1) is 21.8. The molecule has 5 heteroatoms. The molecule has 0 atom stereocenters. The van der Waals surface area contributed by atoms with Gasteiger partial charge in [0.25, 0.3) is 5.91 Å². The summed E-state index contributed by atoms with van der Waals surface area (Å²) in [6.07, 6.45) is 2.90. The molecule has 1 aliphatic heterocycles. The molecule has 0 unspecified atom stereocenters. The normalized spacial score (nSPS) is 13.4. The lowest BCUT2D eigenvalue weighted by molar-refractivity contribution is 0.0962. The molecule has 1 aromatic heterocycles. The van der Waals surface area contributed by atoms with Crippen LogP contribution in [-0.4, -0.2) is 36.0 Å². The number of ether oxygens (including phenoxy) is 2. The molecule has 1 aliphatic rings. The Morgan fingerprint density at radius 1 is 1.06 bits per heavy atom. The minimum absolute atomic E-state index is 0.135. The van der Waals surface area contributed by atoms with Gasteiger partial charge in [-0.25, -0.2) is 0 Å². The van der Waals surface area contributed by atoms with E-state index < -0.39 is 0 Å². The van der Waals surface area contributed by atoms with Gasteiger partial charge in [0.05, 0.1) is 26.0 Å². The largest absolute Gasteiger partial charge is 0.497 e. The van der Waals surface area contributed by atoms with E-state index in [0.29, 0.717) is 18.8 Å². The minimum atomic E-state index is -0.135. The number of nitrogens with zero attached hydrogens (tertiary/aromatic N) is 2. The van der Waals surface area contributed by atoms with Crippen LogP contribution in [0.5, 0.6) is 5.75 Å². The fourth-order valence-electron chi connectivity index (χ4n) is 4.13. The van der Waals surface area contributed by atoms with Crippen molar-refractivity contribution in [3.8, 4) is 17.0 Å². The number of benzene rings is 2. The van der Waals surface area contributed by atoms with Crippen molar-refractivity contribution in [2.45, 2.75) is 27.2 Å². The average molecular weight is 429 g/mol. The molecule has 0 amide bonds. The fourth-order valence-corrected chi connectivity index (χ4v) is 4.13. The summed E-state index contributed by atoms with van der Waals surface area (Å²) in [6.45, 7) is 7.13. The van der Waals surface area contributed by atoms with Gasteiger partial charge in [-0.05, 0) is 50.5 Å². The first-order chi connectivity index (χ1) is 15.5. The van der Waals surface area contributed by atoms with Crippen LogP contribution in [0.4, 0.5) is 0 Å². The Morgan fingerprint density at radius 2 is 1.78 bits per heavy atom. The van der Waals surface area contributed by atoms with E-state index in [-0.39, 0.29) is 5.91 Å². The lowest BCUT2D eigenvalue weighted by atomic mass is 9.96. The maximum absolute atomic E-state index is 13.8. The second-order valence-corrected chi connectivity index (χ2v) is 8.05. The summed E-state index contributed by atoms with van der Waals surface area (Å²) in [5.74, 6) is 0.619. The van der Waals surface area contributed by atoms with Crippen LogP contribution in [0.25, 0.3) is 22.4 Å². The summed E-state index contributed by atoms with van der Waals surface area (Å²) in [7, 11) is 1.63. The molecule has 3 aromatic rings. The number of carbonyl (C=O) groups is 1. The van der Waals surface area contributed by atoms with Gasteiger partial charge in [0.2, 0.25) is 0 Å². The van der Waals surface area contributed by atoms with Crippen molar-refractivity contribution in [2.75, 3.05) is 20.3 Å². The van der Waals surface area contributed by atoms with Gasteiger partial charge in [0, 0.05) is 16.7 Å². The summed E-state index contributed by atoms with van der Waals surface area (Å²) in [6, 6.07) is 17.6. The molecular weight excluding hydrogens is 400 g/mol. The molecule has 2 heterocycles. The molecule has 0 spiro atoms. The summed E-state index contributed by atoms with van der Waals surface area (Å²) >= 11 is 0. The van der Waals surface area contributed by atoms with E-state index >= 15 is 0 Å². The van der Waals surface area contributed by atoms with Gasteiger partial charge >= 0.3 is 0 Å². The van der Waals surface area contributed by atoms with Gasteiger partial charge in [-0.1, -0.05) is 54.1 Å². The Labute approximate surface area is 189 Å². The SMILES string of the molecule is COc1ccc(C(C(=O)n2nc(-c3ccccc3)c(C3=CCOCC3)c2C)=C(C)C)cc1. The van der Waals surface area contributed by atoms with Crippen molar-refractivity contribution in [3.63, 3.8) is 0 Å². The van der Waals surface area contributed by atoms with Gasteiger partial charge in [-0.2, -0.15) is 9.78 Å². The van der Waals surface area contributed by atoms with Gasteiger partial charge < -0.3 is 9.47 Å². The lowest BCUT2D eigenvalue weighted by Crippen LogP contribution is -2.17. The third-order valence-corrected chi connectivity index (χ3v) is 5.73. The number of carbonyl (C=O) groups excluding carboxylic acids is 1. The monoisotopic (exact) mass is 428 g/mol. The molecule has 0 aliphatic carbocycles. The standard InChI is InChI=1S/C27H28N2O3/c1-18(2)24(20-10-12-23(31-4)13-11-20)27(30)29-19(3)25(21-14-16-32-17-15-21)26(28-29)22-8-6-5-7-9-22/h5-14H,15-17H2,1-4H3. The molecule has 2 aromatic carbocycles. The van der Waals surface area contributed by atoms with Gasteiger partial charge in [-0.15, -0.1) is 0 Å². The van der Waals surface area contributed by atoms with E-state index in [1.807, 2.05) is 75.4 Å². The van der Waals surface area contributed by atoms with Gasteiger partial charge in [0.15, 0.2) is 0 Å². The second kappa shape index (κ2) is 9.37. The third-order valence-electron chi connectivity index (χ3n) is 5.73. The molecular formula is C27H28N2O3. The molecule has 5 nitrogen and oxygen atoms in total. The molecule has 0 radical (unpaired) electrons. The lowest BCUT2D eigenvalue weighted by Gasteiger charge is -2.15. The molecule has 32 heavy (non-hydrogen) atoms. The van der Waals surface area contributed by atoms with Crippen LogP contribution in [0.1, 0.15) is 41.9 Å². The molecule has 0 N–H and O–H groups in total. The fraction of sp³-hybridized carbons (Fsp3) is 0.259. The summed E-state index contributed by atoms with van der Waals surface area (Å²) in [5, 5.41) is 4.84. The first-order valence-electron chi connectivity index (χ1n) is 10.8. The van der Waals surface area contributed by atoms with Crippen molar-refractivity contribution in [3.05, 3.63) is 83.1 Å². The van der Waals surface area contributed by atoms with E-state index in [4.69, 9.17) is 14.6 Å². The zero-order valence-corrected chi connectivity index (χ0v) is 19.0. The molecule has 164 valence electrons. The highest BCUT2D eigenvalue weighted by atomic mass is 16.5. The number of aromatic nitrogens is 2. The van der Waals surface area contributed by atoms with E-state index in [2.05, 4.69) is 6.08 Å². The predicted molar refractivity (Wildman–Crippen MR) is 128 cm³/mol. The molecule has 0 fully saturated rings. The maximum Gasteiger partial charge on any atom is 0.278 e. The number of rotatable bonds is 5. The average Bonchev–Trinajstić information content (AvgIpc) is 3.17. The number of hydrogen-bond donors (Lipinski definition) is 0. The molecule has 4 rings (SSSR count). The van der Waals surface area contributed by atoms with Crippen LogP contribution >= 0.6 is 0 Å². The van der Waals surface area contributed by atoms with Crippen molar-refractivity contribution >= 4 is 17.1 Å². The van der Waals surface area contributed by atoms with E-state index in [1.54, 1.807) is 11.8 Å². The summed E-state index contributed by atoms with van der Waals surface area (Å²) in [5.41, 5.74) is 7.28. The summed E-state index contributed by atoms with van der Waals surface area (Å²) in [4.78, 5) is 13.8. The van der Waals surface area contributed by atoms with Crippen LogP contribution in [0.15, 0.2) is 66.2 Å². The Morgan fingerprint density at radius 3 is 2.38 bits per heavy atom. The summed E-state index contributed by atoms with van der Waals surface area (Å²) < 4.78 is 12.3. The zero-order chi connectivity index (χ0) is 22.7. The second-order valence-electron chi connectivity index (χ2n) is 8.05. The van der Waals surface area contributed by atoms with E-state index in [0.717, 1.165) is 45.8 Å². The first-order valence-corrected chi connectivity index (χ1v) is 10.8. The van der Waals surface area contributed by atoms with Crippen LogP contribution in [-0.2, 0) is 4.74 Å². The maximum atomic E-state index is 13.8. The highest BCUT2D eigenvalue weighted by Gasteiger charge is 2.26. The van der Waals surface area contributed by atoms with E-state index in [9.17, 15) is 4.79 Å². The Bertz CT molecular complexity index is 1180. The smallest absolute Gasteiger partial charge is 0.278 e. The highest BCUT2D eigenvalue weighted by Crippen LogP contribution is 2.35. The number of methoxy groups -OCH3 is 1. The highest BCUT2D eigenvalue weighted by molar-refractivity contribution is 6.21. The Balaban J connectivity index is 1.85. The van der Waals surface area contributed by atoms with Crippen molar-refractivity contribution < 1.29 is 14.3 Å². The van der Waals surface area contributed by atoms with Crippen molar-refractivity contribution in [1.29, 1.82) is 0 Å². The van der Waals surface area contributed by atoms with Crippen LogP contribution in [0.2, 0.25) is 0 Å². The predicted octanol–water partition coefficient (Wildman–Crippen LogP) is 5.80. The zero-order valence-electron chi connectivity index (χ0n) is 19.0. The Hall–Kier alpha value is -3.44. The quantitative estimate of drug-likeness (QED) is 0.482. The van der Waals surface area contributed by atoms with E-state index in [1.165, 1.54) is 5.57 Å². The minimum Gasteiger partial charge on any atom is -0.497 e. The number of hydrogen-bond acceptors (Lipinski definition) is 4. The van der Waals surface area contributed by atoms with Crippen molar-refractivity contribution in [2.24, 2.45) is 0 Å². The third kappa shape index (κ3) is 4.16. The molecule has 0 bridgehead atoms. The van der Waals surface area contributed by atoms with Crippen LogP contribution < -0.4 is 4.74 Å². The molecule has 0 saturated carbocycles. The van der Waals surface area contributed by atoms with Crippen LogP contribution in [0, 0.1) is 6.92 Å². The molecule has 0 saturated heterocycles. The van der Waals surface area contributed by atoms with Gasteiger partial charge in [0.1, 0.15) is 11.4 Å². The van der Waals surface area contributed by atoms with Gasteiger partial charge in [-0.3, -0.25) is 4.79 Å². The Kier molecular flexibility index (Phi) is 6.37.